The Labute approximate surface area is 69.1 Å². The van der Waals surface area contributed by atoms with Crippen LogP contribution in [0.1, 0.15) is 6.92 Å². The van der Waals surface area contributed by atoms with Gasteiger partial charge in [-0.2, -0.15) is 0 Å². The molecule has 4 nitrogen and oxygen atoms in total. The third kappa shape index (κ3) is 405. The molecule has 0 fully saturated rings. The van der Waals surface area contributed by atoms with E-state index in [2.05, 4.69) is 0 Å². The molecule has 0 aliphatic rings. The molecule has 0 atom stereocenters. The van der Waals surface area contributed by atoms with E-state index in [1.54, 1.807) is 0 Å². The SMILES string of the molecule is CC(=O)O.O.O.[La]. The van der Waals surface area contributed by atoms with Gasteiger partial charge >= 0.3 is 0 Å². The average Bonchev–Trinajstić information content (AvgIpc) is 0.811. The number of carboxylic acids is 1. The molecule has 0 bridgehead atoms. The van der Waals surface area contributed by atoms with Crippen molar-refractivity contribution < 1.29 is 56.5 Å². The van der Waals surface area contributed by atoms with Crippen LogP contribution in [0, 0.1) is 35.6 Å². The fraction of sp³-hybridized carbons (Fsp3) is 0.500. The van der Waals surface area contributed by atoms with Crippen molar-refractivity contribution in [3.05, 3.63) is 0 Å². The summed E-state index contributed by atoms with van der Waals surface area (Å²) < 4.78 is 0. The van der Waals surface area contributed by atoms with Crippen LogP contribution in [0.15, 0.2) is 0 Å². The summed E-state index contributed by atoms with van der Waals surface area (Å²) in [5.74, 6) is -0.833. The van der Waals surface area contributed by atoms with Crippen molar-refractivity contribution >= 4 is 5.97 Å². The second-order valence-corrected chi connectivity index (χ2v) is 0.519. The van der Waals surface area contributed by atoms with Crippen LogP contribution in [0.4, 0.5) is 0 Å². The molecule has 0 saturated carbocycles. The molecule has 0 aromatic rings. The third-order valence-electron chi connectivity index (χ3n) is 0. The van der Waals surface area contributed by atoms with Gasteiger partial charge in [0, 0.05) is 42.5 Å². The molecule has 0 aliphatic carbocycles. The van der Waals surface area contributed by atoms with Gasteiger partial charge in [0.2, 0.25) is 0 Å². The van der Waals surface area contributed by atoms with Gasteiger partial charge in [0.15, 0.2) is 0 Å². The normalized spacial score (nSPS) is 3.57. The summed E-state index contributed by atoms with van der Waals surface area (Å²) in [7, 11) is 0. The zero-order valence-electron chi connectivity index (χ0n) is 3.93. The first-order valence-corrected chi connectivity index (χ1v) is 0.928. The fourth-order valence-corrected chi connectivity index (χ4v) is 0. The van der Waals surface area contributed by atoms with Gasteiger partial charge in [-0.3, -0.25) is 4.79 Å². The summed E-state index contributed by atoms with van der Waals surface area (Å²) >= 11 is 0. The number of aliphatic carboxylic acids is 1. The molecule has 1 radical (unpaired) electrons. The molecule has 0 heterocycles. The first-order chi connectivity index (χ1) is 1.73. The van der Waals surface area contributed by atoms with Crippen molar-refractivity contribution in [1.82, 2.24) is 0 Å². The minimum Gasteiger partial charge on any atom is -0.481 e. The first kappa shape index (κ1) is 25.6. The van der Waals surface area contributed by atoms with E-state index in [4.69, 9.17) is 9.90 Å². The van der Waals surface area contributed by atoms with Crippen molar-refractivity contribution in [3.63, 3.8) is 0 Å². The van der Waals surface area contributed by atoms with Gasteiger partial charge in [-0.25, -0.2) is 0 Å². The predicted molar refractivity (Wildman–Crippen MR) is 20.5 cm³/mol. The standard InChI is InChI=1S/C2H4O2.La.2H2O/c1-2(3)4;;;/h1H3,(H,3,4);;2*1H2. The molecule has 0 unspecified atom stereocenters. The summed E-state index contributed by atoms with van der Waals surface area (Å²) in [4.78, 5) is 9.00. The maximum Gasteiger partial charge on any atom is 0.300 e. The molecule has 5 N–H and O–H groups in total. The summed E-state index contributed by atoms with van der Waals surface area (Å²) in [6.45, 7) is 1.08. The van der Waals surface area contributed by atoms with Crippen LogP contribution in [0.3, 0.4) is 0 Å². The fourth-order valence-electron chi connectivity index (χ4n) is 0. The van der Waals surface area contributed by atoms with Gasteiger partial charge in [0.05, 0.1) is 0 Å². The minimum atomic E-state index is -0.833. The smallest absolute Gasteiger partial charge is 0.300 e. The Morgan fingerprint density at radius 3 is 1.43 bits per heavy atom. The Balaban J connectivity index is -0.0000000150. The maximum absolute atomic E-state index is 9.00. The van der Waals surface area contributed by atoms with Crippen LogP contribution in [-0.2, 0) is 4.79 Å². The van der Waals surface area contributed by atoms with E-state index in [0.29, 0.717) is 0 Å². The molecule has 5 heteroatoms. The van der Waals surface area contributed by atoms with Crippen LogP contribution < -0.4 is 0 Å². The molecule has 43 valence electrons. The van der Waals surface area contributed by atoms with Gasteiger partial charge < -0.3 is 16.1 Å². The van der Waals surface area contributed by atoms with E-state index >= 15 is 0 Å². The van der Waals surface area contributed by atoms with E-state index in [0.717, 1.165) is 6.92 Å². The molecule has 7 heavy (non-hydrogen) atoms. The number of rotatable bonds is 0. The number of carbonyl (C=O) groups is 1. The zero-order valence-corrected chi connectivity index (χ0v) is 7.56. The van der Waals surface area contributed by atoms with Crippen molar-refractivity contribution in [2.75, 3.05) is 0 Å². The molecule has 0 rings (SSSR count). The molecule has 0 amide bonds. The van der Waals surface area contributed by atoms with Gasteiger partial charge in [-0.15, -0.1) is 0 Å². The first-order valence-electron chi connectivity index (χ1n) is 0.928. The quantitative estimate of drug-likeness (QED) is 0.549. The van der Waals surface area contributed by atoms with Gasteiger partial charge in [0.1, 0.15) is 0 Å². The van der Waals surface area contributed by atoms with E-state index in [9.17, 15) is 0 Å². The number of carboxylic acid groups (broad SMARTS) is 1. The summed E-state index contributed by atoms with van der Waals surface area (Å²) in [6, 6.07) is 0. The van der Waals surface area contributed by atoms with Crippen molar-refractivity contribution in [2.45, 2.75) is 6.92 Å². The number of hydrogen-bond donors (Lipinski definition) is 1. The van der Waals surface area contributed by atoms with Crippen molar-refractivity contribution in [2.24, 2.45) is 0 Å². The predicted octanol–water partition coefficient (Wildman–Crippen LogP) is -1.56. The summed E-state index contributed by atoms with van der Waals surface area (Å²) in [5.41, 5.74) is 0. The van der Waals surface area contributed by atoms with E-state index in [1.165, 1.54) is 0 Å². The largest absolute Gasteiger partial charge is 0.481 e. The molecule has 0 aromatic heterocycles. The molecule has 0 spiro atoms. The van der Waals surface area contributed by atoms with Crippen LogP contribution in [0.5, 0.6) is 0 Å². The topological polar surface area (TPSA) is 100 Å². The van der Waals surface area contributed by atoms with Crippen LogP contribution in [0.25, 0.3) is 0 Å². The Morgan fingerprint density at radius 1 is 1.43 bits per heavy atom. The molecule has 0 aliphatic heterocycles. The van der Waals surface area contributed by atoms with Crippen molar-refractivity contribution in [1.29, 1.82) is 0 Å². The van der Waals surface area contributed by atoms with Crippen LogP contribution in [-0.4, -0.2) is 22.0 Å². The van der Waals surface area contributed by atoms with Crippen LogP contribution in [0.2, 0.25) is 0 Å². The van der Waals surface area contributed by atoms with Gasteiger partial charge in [-0.05, 0) is 0 Å². The second kappa shape index (κ2) is 16.0. The minimum absolute atomic E-state index is 0. The van der Waals surface area contributed by atoms with Gasteiger partial charge in [-0.1, -0.05) is 0 Å². The van der Waals surface area contributed by atoms with Crippen LogP contribution >= 0.6 is 0 Å². The zero-order chi connectivity index (χ0) is 3.58. The second-order valence-electron chi connectivity index (χ2n) is 0.519. The molecular formula is C2H8LaO4. The third-order valence-corrected chi connectivity index (χ3v) is 0. The molecule has 0 aromatic carbocycles. The molecular weight excluding hydrogens is 227 g/mol. The maximum atomic E-state index is 9.00. The summed E-state index contributed by atoms with van der Waals surface area (Å²) in [6.07, 6.45) is 0. The Bertz CT molecular complexity index is 32.7. The van der Waals surface area contributed by atoms with E-state index in [-0.39, 0.29) is 46.6 Å². The Morgan fingerprint density at radius 2 is 1.43 bits per heavy atom. The van der Waals surface area contributed by atoms with E-state index < -0.39 is 5.97 Å². The Hall–Kier alpha value is 0.585. The van der Waals surface area contributed by atoms with Crippen molar-refractivity contribution in [3.8, 4) is 0 Å². The average molecular weight is 235 g/mol. The monoisotopic (exact) mass is 235 g/mol. The summed E-state index contributed by atoms with van der Waals surface area (Å²) in [5, 5.41) is 7.42. The Kier molecular flexibility index (Phi) is 58.4. The number of hydrogen-bond acceptors (Lipinski definition) is 1. The van der Waals surface area contributed by atoms with Gasteiger partial charge in [0.25, 0.3) is 5.97 Å². The van der Waals surface area contributed by atoms with E-state index in [1.807, 2.05) is 0 Å². The molecule has 0 saturated heterocycles.